The fourth-order valence-electron chi connectivity index (χ4n) is 2.84. The fourth-order valence-corrected chi connectivity index (χ4v) is 3.66. The zero-order valence-corrected chi connectivity index (χ0v) is 15.5. The molecule has 0 spiro atoms. The Bertz CT molecular complexity index is 893. The maximum absolute atomic E-state index is 12.4. The highest BCUT2D eigenvalue weighted by Crippen LogP contribution is 2.32. The summed E-state index contributed by atoms with van der Waals surface area (Å²) < 4.78 is 5.16. The number of nitrogens with zero attached hydrogens (tertiary/aromatic N) is 1. The summed E-state index contributed by atoms with van der Waals surface area (Å²) in [6.07, 6.45) is 2.98. The number of furan rings is 1. The summed E-state index contributed by atoms with van der Waals surface area (Å²) in [6, 6.07) is 7.31. The van der Waals surface area contributed by atoms with Crippen molar-refractivity contribution >= 4 is 40.6 Å². The molecule has 6 nitrogen and oxygen atoms in total. The van der Waals surface area contributed by atoms with Gasteiger partial charge in [0.05, 0.1) is 11.2 Å². The van der Waals surface area contributed by atoms with Crippen LogP contribution < -0.4 is 5.32 Å². The van der Waals surface area contributed by atoms with Crippen molar-refractivity contribution in [3.63, 3.8) is 0 Å². The lowest BCUT2D eigenvalue weighted by Crippen LogP contribution is -2.36. The van der Waals surface area contributed by atoms with Crippen molar-refractivity contribution in [3.8, 4) is 0 Å². The van der Waals surface area contributed by atoms with Gasteiger partial charge in [0.2, 0.25) is 5.91 Å². The molecule has 0 aliphatic carbocycles. The van der Waals surface area contributed by atoms with Crippen LogP contribution in [-0.4, -0.2) is 28.5 Å². The minimum absolute atomic E-state index is 0.237. The zero-order valence-electron chi connectivity index (χ0n) is 14.7. The van der Waals surface area contributed by atoms with Crippen LogP contribution in [0, 0.1) is 20.8 Å². The molecule has 2 aromatic rings. The van der Waals surface area contributed by atoms with Gasteiger partial charge in [-0.05, 0) is 55.8 Å². The summed E-state index contributed by atoms with van der Waals surface area (Å²) in [4.78, 5) is 38.1. The molecule has 0 saturated carbocycles. The van der Waals surface area contributed by atoms with Crippen molar-refractivity contribution < 1.29 is 18.8 Å². The summed E-state index contributed by atoms with van der Waals surface area (Å²) in [7, 11) is 0. The number of anilines is 1. The Morgan fingerprint density at radius 1 is 1.23 bits per heavy atom. The maximum atomic E-state index is 12.4. The van der Waals surface area contributed by atoms with Crippen molar-refractivity contribution in [3.05, 3.63) is 57.9 Å². The second-order valence-corrected chi connectivity index (χ2v) is 7.10. The van der Waals surface area contributed by atoms with Crippen molar-refractivity contribution in [2.75, 3.05) is 11.9 Å². The van der Waals surface area contributed by atoms with E-state index >= 15 is 0 Å². The van der Waals surface area contributed by atoms with E-state index in [0.29, 0.717) is 11.4 Å². The number of amides is 3. The Morgan fingerprint density at radius 3 is 2.54 bits per heavy atom. The average Bonchev–Trinajstić information content (AvgIpc) is 3.15. The van der Waals surface area contributed by atoms with Crippen LogP contribution in [0.3, 0.4) is 0 Å². The molecule has 0 bridgehead atoms. The number of hydrogen-bond acceptors (Lipinski definition) is 5. The number of thioether (sulfide) groups is 1. The van der Waals surface area contributed by atoms with Crippen LogP contribution in [-0.2, 0) is 9.59 Å². The highest BCUT2D eigenvalue weighted by atomic mass is 32.2. The number of benzene rings is 1. The topological polar surface area (TPSA) is 79.6 Å². The van der Waals surface area contributed by atoms with Crippen LogP contribution in [0.25, 0.3) is 6.08 Å². The van der Waals surface area contributed by atoms with Gasteiger partial charge in [-0.2, -0.15) is 0 Å². The quantitative estimate of drug-likeness (QED) is 0.826. The van der Waals surface area contributed by atoms with Crippen LogP contribution >= 0.6 is 11.8 Å². The lowest BCUT2D eigenvalue weighted by Gasteiger charge is -2.15. The first-order valence-electron chi connectivity index (χ1n) is 8.01. The predicted octanol–water partition coefficient (Wildman–Crippen LogP) is 3.88. The number of aryl methyl sites for hydroxylation is 3. The SMILES string of the molecule is Cc1cc(C)c(NC(=O)CN2C(=O)S/C(=C/c3ccco3)C2=O)c(C)c1. The molecule has 0 unspecified atom stereocenters. The van der Waals surface area contributed by atoms with Crippen molar-refractivity contribution in [1.82, 2.24) is 4.90 Å². The first-order chi connectivity index (χ1) is 12.3. The highest BCUT2D eigenvalue weighted by Gasteiger charge is 2.36. The van der Waals surface area contributed by atoms with Crippen LogP contribution in [0.4, 0.5) is 10.5 Å². The molecule has 1 N–H and O–H groups in total. The van der Waals surface area contributed by atoms with Crippen LogP contribution in [0.2, 0.25) is 0 Å². The van der Waals surface area contributed by atoms with E-state index in [9.17, 15) is 14.4 Å². The summed E-state index contributed by atoms with van der Waals surface area (Å²) in [5, 5.41) is 2.33. The molecular weight excluding hydrogens is 352 g/mol. The summed E-state index contributed by atoms with van der Waals surface area (Å²) in [6.45, 7) is 5.47. The molecule has 3 rings (SSSR count). The van der Waals surface area contributed by atoms with E-state index in [-0.39, 0.29) is 11.4 Å². The Morgan fingerprint density at radius 2 is 1.92 bits per heavy atom. The van der Waals surface area contributed by atoms with E-state index in [1.165, 1.54) is 12.3 Å². The third-order valence-corrected chi connectivity index (χ3v) is 4.84. The number of nitrogens with one attached hydrogen (secondary N) is 1. The molecule has 26 heavy (non-hydrogen) atoms. The molecule has 1 aliphatic rings. The van der Waals surface area contributed by atoms with Gasteiger partial charge in [0.25, 0.3) is 11.1 Å². The van der Waals surface area contributed by atoms with Gasteiger partial charge < -0.3 is 9.73 Å². The first-order valence-corrected chi connectivity index (χ1v) is 8.83. The van der Waals surface area contributed by atoms with Crippen molar-refractivity contribution in [1.29, 1.82) is 0 Å². The Hall–Kier alpha value is -2.80. The third-order valence-electron chi connectivity index (χ3n) is 3.93. The predicted molar refractivity (Wildman–Crippen MR) is 101 cm³/mol. The number of hydrogen-bond donors (Lipinski definition) is 1. The molecule has 1 aromatic heterocycles. The van der Waals surface area contributed by atoms with Gasteiger partial charge in [0.1, 0.15) is 12.3 Å². The van der Waals surface area contributed by atoms with Gasteiger partial charge in [0.15, 0.2) is 0 Å². The Balaban J connectivity index is 1.72. The molecule has 7 heteroatoms. The highest BCUT2D eigenvalue weighted by molar-refractivity contribution is 8.18. The standard InChI is InChI=1S/C19H18N2O4S/c1-11-7-12(2)17(13(3)8-11)20-16(22)10-21-18(23)15(26-19(21)24)9-14-5-4-6-25-14/h4-9H,10H2,1-3H3,(H,20,22)/b15-9+. The zero-order chi connectivity index (χ0) is 18.8. The molecule has 1 aromatic carbocycles. The summed E-state index contributed by atoms with van der Waals surface area (Å²) in [5.74, 6) is -0.434. The molecule has 3 amide bonds. The monoisotopic (exact) mass is 370 g/mol. The minimum atomic E-state index is -0.496. The third kappa shape index (κ3) is 3.72. The van der Waals surface area contributed by atoms with Crippen molar-refractivity contribution in [2.24, 2.45) is 0 Å². The van der Waals surface area contributed by atoms with E-state index in [2.05, 4.69) is 5.32 Å². The lowest BCUT2D eigenvalue weighted by molar-refractivity contribution is -0.127. The van der Waals surface area contributed by atoms with Gasteiger partial charge in [-0.1, -0.05) is 17.7 Å². The van der Waals surface area contributed by atoms with E-state index in [1.807, 2.05) is 32.9 Å². The van der Waals surface area contributed by atoms with Crippen LogP contribution in [0.15, 0.2) is 39.9 Å². The molecule has 2 heterocycles. The largest absolute Gasteiger partial charge is 0.465 e. The molecule has 0 atom stereocenters. The molecule has 1 fully saturated rings. The van der Waals surface area contributed by atoms with Gasteiger partial charge in [-0.25, -0.2) is 0 Å². The Kier molecular flexibility index (Phi) is 4.99. The second-order valence-electron chi connectivity index (χ2n) is 6.11. The Labute approximate surface area is 155 Å². The molecule has 1 aliphatic heterocycles. The van der Waals surface area contributed by atoms with Crippen molar-refractivity contribution in [2.45, 2.75) is 20.8 Å². The second kappa shape index (κ2) is 7.21. The summed E-state index contributed by atoms with van der Waals surface area (Å²) in [5.41, 5.74) is 3.68. The first kappa shape index (κ1) is 18.0. The van der Waals surface area contributed by atoms with E-state index in [1.54, 1.807) is 12.1 Å². The van der Waals surface area contributed by atoms with E-state index < -0.39 is 17.1 Å². The average molecular weight is 370 g/mol. The molecule has 1 saturated heterocycles. The normalized spacial score (nSPS) is 15.8. The molecular formula is C19H18N2O4S. The van der Waals surface area contributed by atoms with Gasteiger partial charge in [-0.15, -0.1) is 0 Å². The van der Waals surface area contributed by atoms with E-state index in [4.69, 9.17) is 4.42 Å². The molecule has 0 radical (unpaired) electrons. The van der Waals surface area contributed by atoms with Gasteiger partial charge in [-0.3, -0.25) is 19.3 Å². The summed E-state index contributed by atoms with van der Waals surface area (Å²) >= 11 is 0.795. The van der Waals surface area contributed by atoms with Crippen LogP contribution in [0.5, 0.6) is 0 Å². The fraction of sp³-hybridized carbons (Fsp3) is 0.211. The number of carbonyl (C=O) groups excluding carboxylic acids is 3. The van der Waals surface area contributed by atoms with Gasteiger partial charge in [0, 0.05) is 11.8 Å². The smallest absolute Gasteiger partial charge is 0.294 e. The minimum Gasteiger partial charge on any atom is -0.465 e. The van der Waals surface area contributed by atoms with E-state index in [0.717, 1.165) is 33.4 Å². The number of rotatable bonds is 4. The van der Waals surface area contributed by atoms with Gasteiger partial charge >= 0.3 is 0 Å². The maximum Gasteiger partial charge on any atom is 0.294 e. The van der Waals surface area contributed by atoms with Crippen LogP contribution in [0.1, 0.15) is 22.5 Å². The number of carbonyl (C=O) groups is 3. The molecule has 134 valence electrons. The number of imide groups is 1. The lowest BCUT2D eigenvalue weighted by atomic mass is 10.1.